The standard InChI is InChI=1S/C21H24N4O3S2/c1-12(2)28-18-7-6-13(9-23-18)8-22-17(26)11-29-10-16-24-20(27)19-14-4-3-5-15(14)30-21(19)25-16/h6-7,9,12H,3-5,8,10-11H2,1-2H3,(H,22,26)(H,24,25,27). The topological polar surface area (TPSA) is 97.0 Å². The smallest absolute Gasteiger partial charge is 0.259 e. The molecule has 1 aliphatic carbocycles. The van der Waals surface area contributed by atoms with E-state index >= 15 is 0 Å². The molecule has 7 nitrogen and oxygen atoms in total. The van der Waals surface area contributed by atoms with Gasteiger partial charge in [-0.3, -0.25) is 9.59 Å². The van der Waals surface area contributed by atoms with Gasteiger partial charge in [0.25, 0.3) is 5.56 Å². The largest absolute Gasteiger partial charge is 0.475 e. The summed E-state index contributed by atoms with van der Waals surface area (Å²) in [5, 5.41) is 3.64. The second-order valence-electron chi connectivity index (χ2n) is 7.49. The highest BCUT2D eigenvalue weighted by atomic mass is 32.2. The molecule has 30 heavy (non-hydrogen) atoms. The van der Waals surface area contributed by atoms with Gasteiger partial charge in [-0.15, -0.1) is 23.1 Å². The Morgan fingerprint density at radius 3 is 3.00 bits per heavy atom. The third kappa shape index (κ3) is 4.84. The fraction of sp³-hybridized carbons (Fsp3) is 0.429. The van der Waals surface area contributed by atoms with Crippen LogP contribution in [0.3, 0.4) is 0 Å². The zero-order chi connectivity index (χ0) is 21.1. The number of hydrogen-bond acceptors (Lipinski definition) is 7. The van der Waals surface area contributed by atoms with Crippen LogP contribution in [0.15, 0.2) is 23.1 Å². The Morgan fingerprint density at radius 2 is 2.23 bits per heavy atom. The van der Waals surface area contributed by atoms with Crippen molar-refractivity contribution < 1.29 is 9.53 Å². The number of fused-ring (bicyclic) bond motifs is 3. The number of thioether (sulfide) groups is 1. The molecule has 3 heterocycles. The maximum atomic E-state index is 12.5. The summed E-state index contributed by atoms with van der Waals surface area (Å²) in [4.78, 5) is 38.4. The maximum Gasteiger partial charge on any atom is 0.259 e. The zero-order valence-corrected chi connectivity index (χ0v) is 18.6. The van der Waals surface area contributed by atoms with Crippen LogP contribution in [0.1, 0.15) is 42.1 Å². The molecule has 0 spiro atoms. The van der Waals surface area contributed by atoms with Crippen molar-refractivity contribution in [1.82, 2.24) is 20.3 Å². The number of pyridine rings is 1. The van der Waals surface area contributed by atoms with Gasteiger partial charge in [-0.2, -0.15) is 0 Å². The van der Waals surface area contributed by atoms with Crippen LogP contribution in [0.5, 0.6) is 5.88 Å². The van der Waals surface area contributed by atoms with Crippen molar-refractivity contribution in [1.29, 1.82) is 0 Å². The van der Waals surface area contributed by atoms with Crippen molar-refractivity contribution in [2.45, 2.75) is 51.5 Å². The fourth-order valence-electron chi connectivity index (χ4n) is 3.43. The van der Waals surface area contributed by atoms with Crippen molar-refractivity contribution >= 4 is 39.2 Å². The summed E-state index contributed by atoms with van der Waals surface area (Å²) < 4.78 is 5.51. The van der Waals surface area contributed by atoms with E-state index in [-0.39, 0.29) is 17.6 Å². The number of nitrogens with one attached hydrogen (secondary N) is 2. The summed E-state index contributed by atoms with van der Waals surface area (Å²) in [5.74, 6) is 1.91. The van der Waals surface area contributed by atoms with E-state index in [4.69, 9.17) is 4.74 Å². The van der Waals surface area contributed by atoms with Gasteiger partial charge in [0.2, 0.25) is 11.8 Å². The summed E-state index contributed by atoms with van der Waals surface area (Å²) in [5.41, 5.74) is 2.03. The highest BCUT2D eigenvalue weighted by Gasteiger charge is 2.21. The maximum absolute atomic E-state index is 12.5. The van der Waals surface area contributed by atoms with Crippen LogP contribution in [0.25, 0.3) is 10.2 Å². The number of thiophene rings is 1. The van der Waals surface area contributed by atoms with Gasteiger partial charge in [0.15, 0.2) is 0 Å². The summed E-state index contributed by atoms with van der Waals surface area (Å²) in [7, 11) is 0. The van der Waals surface area contributed by atoms with Gasteiger partial charge in [0.1, 0.15) is 10.7 Å². The Kier molecular flexibility index (Phi) is 6.38. The van der Waals surface area contributed by atoms with Crippen molar-refractivity contribution in [3.05, 3.63) is 50.5 Å². The van der Waals surface area contributed by atoms with E-state index in [0.717, 1.165) is 35.0 Å². The Hall–Kier alpha value is -2.39. The lowest BCUT2D eigenvalue weighted by atomic mass is 10.2. The molecule has 158 valence electrons. The molecule has 0 saturated carbocycles. The number of ether oxygens (including phenoxy) is 1. The highest BCUT2D eigenvalue weighted by molar-refractivity contribution is 7.99. The SMILES string of the molecule is CC(C)Oc1ccc(CNC(=O)CSCc2nc3sc4c(c3c(=O)[nH]2)CCC4)cn1. The van der Waals surface area contributed by atoms with E-state index in [0.29, 0.717) is 29.8 Å². The average molecular weight is 445 g/mol. The monoisotopic (exact) mass is 444 g/mol. The summed E-state index contributed by atoms with van der Waals surface area (Å²) in [6, 6.07) is 3.69. The first-order chi connectivity index (χ1) is 14.5. The minimum absolute atomic E-state index is 0.0585. The second-order valence-corrected chi connectivity index (χ2v) is 9.56. The lowest BCUT2D eigenvalue weighted by Crippen LogP contribution is -2.24. The van der Waals surface area contributed by atoms with Crippen molar-refractivity contribution in [3.63, 3.8) is 0 Å². The van der Waals surface area contributed by atoms with E-state index < -0.39 is 0 Å². The van der Waals surface area contributed by atoms with Gasteiger partial charge in [0.05, 0.1) is 23.0 Å². The molecular weight excluding hydrogens is 420 g/mol. The van der Waals surface area contributed by atoms with Crippen LogP contribution in [0.2, 0.25) is 0 Å². The number of aromatic nitrogens is 3. The molecule has 4 rings (SSSR count). The molecule has 1 amide bonds. The Morgan fingerprint density at radius 1 is 1.37 bits per heavy atom. The molecule has 2 N–H and O–H groups in total. The molecular formula is C21H24N4O3S2. The first-order valence-corrected chi connectivity index (χ1v) is 12.0. The predicted octanol–water partition coefficient (Wildman–Crippen LogP) is 3.21. The van der Waals surface area contributed by atoms with Crippen LogP contribution in [0, 0.1) is 0 Å². The first kappa shape index (κ1) is 20.9. The minimum atomic E-state index is -0.0685. The summed E-state index contributed by atoms with van der Waals surface area (Å²) in [6.45, 7) is 4.31. The Bertz CT molecular complexity index is 1110. The molecule has 0 aromatic carbocycles. The minimum Gasteiger partial charge on any atom is -0.475 e. The summed E-state index contributed by atoms with van der Waals surface area (Å²) >= 11 is 3.06. The third-order valence-electron chi connectivity index (χ3n) is 4.74. The Labute approximate surface area is 182 Å². The molecule has 0 fully saturated rings. The lowest BCUT2D eigenvalue weighted by molar-refractivity contribution is -0.118. The van der Waals surface area contributed by atoms with E-state index in [2.05, 4.69) is 20.3 Å². The van der Waals surface area contributed by atoms with Crippen LogP contribution in [-0.2, 0) is 29.9 Å². The number of carbonyl (C=O) groups excluding carboxylic acids is 1. The van der Waals surface area contributed by atoms with Gasteiger partial charge < -0.3 is 15.0 Å². The van der Waals surface area contributed by atoms with Crippen molar-refractivity contribution in [2.75, 3.05) is 5.75 Å². The Balaban J connectivity index is 1.26. The number of hydrogen-bond donors (Lipinski definition) is 2. The van der Waals surface area contributed by atoms with Crippen LogP contribution in [-0.4, -0.2) is 32.7 Å². The number of amides is 1. The predicted molar refractivity (Wildman–Crippen MR) is 120 cm³/mol. The van der Waals surface area contributed by atoms with E-state index in [1.54, 1.807) is 23.6 Å². The molecule has 1 aliphatic rings. The molecule has 3 aromatic heterocycles. The van der Waals surface area contributed by atoms with E-state index in [1.165, 1.54) is 22.2 Å². The number of aromatic amines is 1. The molecule has 3 aromatic rings. The molecule has 0 bridgehead atoms. The number of rotatable bonds is 8. The van der Waals surface area contributed by atoms with Gasteiger partial charge in [-0.05, 0) is 44.2 Å². The molecule has 0 unspecified atom stereocenters. The van der Waals surface area contributed by atoms with Crippen molar-refractivity contribution in [2.24, 2.45) is 0 Å². The molecule has 0 atom stereocenters. The van der Waals surface area contributed by atoms with E-state index in [1.807, 2.05) is 19.9 Å². The molecule has 0 saturated heterocycles. The third-order valence-corrected chi connectivity index (χ3v) is 6.87. The van der Waals surface area contributed by atoms with Crippen LogP contribution in [0.4, 0.5) is 0 Å². The first-order valence-electron chi connectivity index (χ1n) is 9.99. The van der Waals surface area contributed by atoms with Crippen LogP contribution >= 0.6 is 23.1 Å². The average Bonchev–Trinajstić information content (AvgIpc) is 3.28. The quantitative estimate of drug-likeness (QED) is 0.554. The normalized spacial score (nSPS) is 13.0. The van der Waals surface area contributed by atoms with E-state index in [9.17, 15) is 9.59 Å². The van der Waals surface area contributed by atoms with Crippen LogP contribution < -0.4 is 15.6 Å². The van der Waals surface area contributed by atoms with Gasteiger partial charge in [-0.25, -0.2) is 9.97 Å². The van der Waals surface area contributed by atoms with Gasteiger partial charge in [-0.1, -0.05) is 6.07 Å². The highest BCUT2D eigenvalue weighted by Crippen LogP contribution is 2.34. The van der Waals surface area contributed by atoms with Gasteiger partial charge >= 0.3 is 0 Å². The lowest BCUT2D eigenvalue weighted by Gasteiger charge is -2.09. The van der Waals surface area contributed by atoms with Crippen molar-refractivity contribution in [3.8, 4) is 5.88 Å². The number of nitrogens with zero attached hydrogens (tertiary/aromatic N) is 2. The zero-order valence-electron chi connectivity index (χ0n) is 17.0. The molecule has 9 heteroatoms. The fourth-order valence-corrected chi connectivity index (χ4v) is 5.43. The number of carbonyl (C=O) groups is 1. The molecule has 0 aliphatic heterocycles. The number of aryl methyl sites for hydroxylation is 2. The number of H-pyrrole nitrogens is 1. The summed E-state index contributed by atoms with van der Waals surface area (Å²) in [6.07, 6.45) is 4.91. The second kappa shape index (κ2) is 9.18. The molecule has 0 radical (unpaired) electrons. The van der Waals surface area contributed by atoms with Gasteiger partial charge in [0, 0.05) is 23.7 Å².